The van der Waals surface area contributed by atoms with Crippen LogP contribution in [-0.2, 0) is 20.9 Å². The summed E-state index contributed by atoms with van der Waals surface area (Å²) in [5, 5.41) is 18.1. The number of aromatic nitrogens is 2. The predicted octanol–water partition coefficient (Wildman–Crippen LogP) is -1.19. The van der Waals surface area contributed by atoms with Crippen LogP contribution in [0.3, 0.4) is 0 Å². The molecule has 2 atom stereocenters. The fourth-order valence-electron chi connectivity index (χ4n) is 3.09. The summed E-state index contributed by atoms with van der Waals surface area (Å²) < 4.78 is 24.9. The van der Waals surface area contributed by atoms with Crippen molar-refractivity contribution in [2.75, 3.05) is 5.75 Å². The molecule has 154 valence electrons. The Hall–Kier alpha value is -2.99. The van der Waals surface area contributed by atoms with Gasteiger partial charge in [-0.25, -0.2) is 22.5 Å². The number of alkyl halides is 2. The van der Waals surface area contributed by atoms with Gasteiger partial charge in [-0.1, -0.05) is 6.07 Å². The molecule has 12 heteroatoms. The van der Waals surface area contributed by atoms with E-state index < -0.39 is 24.4 Å². The number of pyridine rings is 1. The topological polar surface area (TPSA) is 132 Å². The fraction of sp³-hybridized carbons (Fsp3) is 0.294. The number of imidazole rings is 1. The van der Waals surface area contributed by atoms with Crippen molar-refractivity contribution in [1.29, 1.82) is 0 Å². The van der Waals surface area contributed by atoms with Crippen molar-refractivity contribution in [3.05, 3.63) is 48.1 Å². The van der Waals surface area contributed by atoms with Gasteiger partial charge in [0.25, 0.3) is 12.1 Å². The van der Waals surface area contributed by atoms with E-state index in [2.05, 4.69) is 0 Å². The number of rotatable bonds is 4. The van der Waals surface area contributed by atoms with Gasteiger partial charge in [-0.05, 0) is 6.07 Å². The quantitative estimate of drug-likeness (QED) is 0.464. The number of amides is 1. The number of hydrogen-bond donors (Lipinski definition) is 2. The maximum Gasteiger partial charge on any atom is 0.352 e. The number of aliphatic carboxylic acids is 2. The Balaban J connectivity index is 0.000000353. The molecule has 1 fully saturated rings. The molecule has 29 heavy (non-hydrogen) atoms. The van der Waals surface area contributed by atoms with Crippen LogP contribution in [0.2, 0.25) is 0 Å². The van der Waals surface area contributed by atoms with E-state index in [1.54, 1.807) is 0 Å². The lowest BCUT2D eigenvalue weighted by molar-refractivity contribution is -0.662. The predicted molar refractivity (Wildman–Crippen MR) is 94.3 cm³/mol. The highest BCUT2D eigenvalue weighted by molar-refractivity contribution is 8.00. The second kappa shape index (κ2) is 8.17. The van der Waals surface area contributed by atoms with Crippen LogP contribution in [0, 0.1) is 0 Å². The molecule has 3 N–H and O–H groups in total. The third-order valence-electron chi connectivity index (χ3n) is 4.40. The Morgan fingerprint density at radius 3 is 2.69 bits per heavy atom. The number of thioether (sulfide) groups is 1. The number of nitrogens with two attached hydrogens (primary N) is 1. The molecule has 0 aliphatic carbocycles. The number of halogens is 2. The van der Waals surface area contributed by atoms with E-state index >= 15 is 0 Å². The molecule has 4 heterocycles. The molecular formula is C17H16F2N4O5S. The molecule has 0 aromatic carbocycles. The molecule has 2 aliphatic rings. The normalized spacial score (nSPS) is 20.8. The van der Waals surface area contributed by atoms with Gasteiger partial charge in [-0.2, -0.15) is 0 Å². The van der Waals surface area contributed by atoms with Crippen molar-refractivity contribution >= 4 is 35.3 Å². The highest BCUT2D eigenvalue weighted by atomic mass is 32.2. The van der Waals surface area contributed by atoms with Crippen LogP contribution < -0.4 is 15.4 Å². The summed E-state index contributed by atoms with van der Waals surface area (Å²) in [6.45, 7) is 0.431. The standard InChI is InChI=1S/C15H14N4O3S.C2H2F2O2/c16-11-13(20)19-12(15(21)22)9(8-23-14(11)19)7-18-6-5-17-4-2-1-3-10(17)18;3-1(4)2(5)6/h1-6,11,14H,7-8,16H2;1H,(H,5,6)/t11-,14+;/m1./s1. The summed E-state index contributed by atoms with van der Waals surface area (Å²) in [6, 6.07) is 5.23. The summed E-state index contributed by atoms with van der Waals surface area (Å²) in [4.78, 5) is 33.8. The maximum atomic E-state index is 12.0. The summed E-state index contributed by atoms with van der Waals surface area (Å²) in [6.07, 6.45) is 2.41. The lowest BCUT2D eigenvalue weighted by atomic mass is 10.0. The summed E-state index contributed by atoms with van der Waals surface area (Å²) in [5.74, 6) is -3.16. The Kier molecular flexibility index (Phi) is 5.84. The van der Waals surface area contributed by atoms with Crippen LogP contribution in [0.25, 0.3) is 5.65 Å². The van der Waals surface area contributed by atoms with Gasteiger partial charge in [0, 0.05) is 17.4 Å². The number of nitrogens with zero attached hydrogens (tertiary/aromatic N) is 3. The van der Waals surface area contributed by atoms with E-state index in [1.807, 2.05) is 45.8 Å². The van der Waals surface area contributed by atoms with Crippen molar-refractivity contribution in [1.82, 2.24) is 9.30 Å². The molecule has 2 aliphatic heterocycles. The second-order valence-electron chi connectivity index (χ2n) is 6.20. The van der Waals surface area contributed by atoms with Gasteiger partial charge < -0.3 is 20.7 Å². The van der Waals surface area contributed by atoms with Gasteiger partial charge in [-0.3, -0.25) is 9.69 Å². The van der Waals surface area contributed by atoms with Crippen molar-refractivity contribution in [3.8, 4) is 0 Å². The first-order valence-corrected chi connectivity index (χ1v) is 9.37. The van der Waals surface area contributed by atoms with Gasteiger partial charge in [0.2, 0.25) is 5.91 Å². The molecule has 1 saturated heterocycles. The zero-order valence-corrected chi connectivity index (χ0v) is 15.6. The smallest absolute Gasteiger partial charge is 0.352 e. The minimum Gasteiger partial charge on any atom is -0.544 e. The molecule has 0 unspecified atom stereocenters. The van der Waals surface area contributed by atoms with Gasteiger partial charge >= 0.3 is 5.97 Å². The minimum atomic E-state index is -3.34. The average molecular weight is 426 g/mol. The van der Waals surface area contributed by atoms with E-state index in [9.17, 15) is 23.5 Å². The van der Waals surface area contributed by atoms with Crippen LogP contribution in [-0.4, -0.2) is 55.8 Å². The Bertz CT molecular complexity index is 1010. The highest BCUT2D eigenvalue weighted by Crippen LogP contribution is 2.39. The van der Waals surface area contributed by atoms with Crippen LogP contribution in [0.5, 0.6) is 0 Å². The van der Waals surface area contributed by atoms with E-state index in [4.69, 9.17) is 15.6 Å². The van der Waals surface area contributed by atoms with E-state index in [0.29, 0.717) is 12.3 Å². The van der Waals surface area contributed by atoms with E-state index in [1.165, 1.54) is 16.7 Å². The SMILES string of the molecule is N[C@@H]1C(=O)N2C(C(=O)O)=C(C[n+]3ccn4ccccc43)CS[C@@H]12.O=C([O-])C(F)F. The molecule has 2 aromatic rings. The number of carbonyl (C=O) groups excluding carboxylic acids is 2. The Morgan fingerprint density at radius 2 is 2.07 bits per heavy atom. The number of carboxylic acids is 2. The van der Waals surface area contributed by atoms with Crippen LogP contribution in [0.1, 0.15) is 0 Å². The highest BCUT2D eigenvalue weighted by Gasteiger charge is 2.51. The third-order valence-corrected chi connectivity index (χ3v) is 5.76. The first-order chi connectivity index (χ1) is 13.7. The van der Waals surface area contributed by atoms with Crippen LogP contribution in [0.4, 0.5) is 8.78 Å². The molecule has 0 radical (unpaired) electrons. The number of fused-ring (bicyclic) bond motifs is 2. The van der Waals surface area contributed by atoms with E-state index in [0.717, 1.165) is 11.2 Å². The summed E-state index contributed by atoms with van der Waals surface area (Å²) in [7, 11) is 0. The van der Waals surface area contributed by atoms with Crippen LogP contribution >= 0.6 is 11.8 Å². The van der Waals surface area contributed by atoms with E-state index in [-0.39, 0.29) is 17.0 Å². The van der Waals surface area contributed by atoms with Crippen molar-refractivity contribution in [2.24, 2.45) is 5.73 Å². The fourth-order valence-corrected chi connectivity index (χ4v) is 4.37. The minimum absolute atomic E-state index is 0.0863. The lowest BCUT2D eigenvalue weighted by Gasteiger charge is -2.47. The van der Waals surface area contributed by atoms with Crippen molar-refractivity contribution < 1.29 is 37.9 Å². The summed E-state index contributed by atoms with van der Waals surface area (Å²) in [5.41, 5.74) is 7.53. The molecule has 2 aromatic heterocycles. The number of carbonyl (C=O) groups is 3. The molecular weight excluding hydrogens is 410 g/mol. The van der Waals surface area contributed by atoms with Gasteiger partial charge in [-0.15, -0.1) is 11.8 Å². The second-order valence-corrected chi connectivity index (χ2v) is 7.31. The largest absolute Gasteiger partial charge is 0.544 e. The first-order valence-electron chi connectivity index (χ1n) is 8.32. The van der Waals surface area contributed by atoms with Gasteiger partial charge in [0.15, 0.2) is 0 Å². The molecule has 1 amide bonds. The number of carboxylic acid groups (broad SMARTS) is 2. The molecule has 9 nitrogen and oxygen atoms in total. The summed E-state index contributed by atoms with van der Waals surface area (Å²) >= 11 is 1.52. The molecule has 4 rings (SSSR count). The van der Waals surface area contributed by atoms with Crippen molar-refractivity contribution in [3.63, 3.8) is 0 Å². The Labute approximate surface area is 167 Å². The van der Waals surface area contributed by atoms with Gasteiger partial charge in [0.1, 0.15) is 42.0 Å². The first kappa shape index (κ1) is 20.7. The third kappa shape index (κ3) is 3.93. The lowest BCUT2D eigenvalue weighted by Crippen LogP contribution is -2.68. The monoisotopic (exact) mass is 426 g/mol. The molecule has 0 bridgehead atoms. The zero-order valence-electron chi connectivity index (χ0n) is 14.8. The molecule has 0 spiro atoms. The molecule has 0 saturated carbocycles. The maximum absolute atomic E-state index is 12.0. The van der Waals surface area contributed by atoms with Crippen molar-refractivity contribution in [2.45, 2.75) is 24.4 Å². The van der Waals surface area contributed by atoms with Crippen LogP contribution in [0.15, 0.2) is 48.1 Å². The zero-order chi connectivity index (χ0) is 21.3. The number of hydrogen-bond acceptors (Lipinski definition) is 6. The van der Waals surface area contributed by atoms with Gasteiger partial charge in [0.05, 0.1) is 6.20 Å². The average Bonchev–Trinajstić information content (AvgIpc) is 3.10. The number of β-lactam (4-membered cyclic amide) rings is 1. The Morgan fingerprint density at radius 1 is 1.38 bits per heavy atom.